The first-order valence-corrected chi connectivity index (χ1v) is 8.66. The maximum absolute atomic E-state index is 9.08. The molecule has 130 valence electrons. The lowest BCUT2D eigenvalue weighted by Crippen LogP contribution is -2.29. The van der Waals surface area contributed by atoms with Crippen molar-refractivity contribution in [3.05, 3.63) is 47.9 Å². The first-order chi connectivity index (χ1) is 12.3. The van der Waals surface area contributed by atoms with Crippen LogP contribution in [0.3, 0.4) is 0 Å². The molecule has 0 unspecified atom stereocenters. The molecule has 3 heterocycles. The number of benzene rings is 1. The molecule has 6 heteroatoms. The van der Waals surface area contributed by atoms with Crippen LogP contribution in [0.15, 0.2) is 45.5 Å². The average Bonchev–Trinajstić information content (AvgIpc) is 3.32. The van der Waals surface area contributed by atoms with Gasteiger partial charge in [0.2, 0.25) is 5.82 Å². The molecule has 2 aromatic heterocycles. The molecular formula is C19H21N3O3. The molecule has 0 amide bonds. The van der Waals surface area contributed by atoms with E-state index in [2.05, 4.69) is 27.2 Å². The average molecular weight is 339 g/mol. The Kier molecular flexibility index (Phi) is 4.63. The van der Waals surface area contributed by atoms with Crippen LogP contribution in [-0.2, 0) is 13.2 Å². The fourth-order valence-electron chi connectivity index (χ4n) is 3.22. The van der Waals surface area contributed by atoms with Crippen LogP contribution < -0.4 is 0 Å². The zero-order valence-electron chi connectivity index (χ0n) is 14.0. The van der Waals surface area contributed by atoms with Gasteiger partial charge in [-0.2, -0.15) is 4.98 Å². The van der Waals surface area contributed by atoms with Gasteiger partial charge in [0, 0.05) is 12.1 Å². The summed E-state index contributed by atoms with van der Waals surface area (Å²) in [6, 6.07) is 9.99. The number of hydrogen-bond donors (Lipinski definition) is 1. The predicted octanol–water partition coefficient (Wildman–Crippen LogP) is 3.47. The zero-order chi connectivity index (χ0) is 17.1. The second-order valence-electron chi connectivity index (χ2n) is 6.42. The lowest BCUT2D eigenvalue weighted by Gasteiger charge is -2.26. The van der Waals surface area contributed by atoms with Crippen LogP contribution in [0.4, 0.5) is 0 Å². The minimum absolute atomic E-state index is 0.153. The van der Waals surface area contributed by atoms with Gasteiger partial charge in [0.1, 0.15) is 18.6 Å². The van der Waals surface area contributed by atoms with Crippen LogP contribution in [0.5, 0.6) is 0 Å². The Balaban J connectivity index is 1.52. The molecule has 0 aliphatic carbocycles. The van der Waals surface area contributed by atoms with Gasteiger partial charge < -0.3 is 14.0 Å². The second-order valence-corrected chi connectivity index (χ2v) is 6.42. The number of aliphatic hydroxyl groups is 1. The molecule has 6 nitrogen and oxygen atoms in total. The molecule has 1 aromatic carbocycles. The highest BCUT2D eigenvalue weighted by molar-refractivity contribution is 5.60. The standard InChI is InChI=1S/C19H21N3O3/c23-12-17-10-16(13-24-17)19-20-18(21-25-19)15-6-4-5-14(9-15)11-22-7-2-1-3-8-22/h4-6,9-10,13,23H,1-3,7-8,11-12H2. The van der Waals surface area contributed by atoms with Gasteiger partial charge in [-0.15, -0.1) is 0 Å². The first-order valence-electron chi connectivity index (χ1n) is 8.66. The van der Waals surface area contributed by atoms with Crippen molar-refractivity contribution in [1.29, 1.82) is 0 Å². The Hall–Kier alpha value is -2.44. The van der Waals surface area contributed by atoms with E-state index >= 15 is 0 Å². The second kappa shape index (κ2) is 7.21. The number of aromatic nitrogens is 2. The molecule has 0 saturated carbocycles. The van der Waals surface area contributed by atoms with Gasteiger partial charge in [0.25, 0.3) is 5.89 Å². The minimum atomic E-state index is -0.153. The van der Waals surface area contributed by atoms with Gasteiger partial charge >= 0.3 is 0 Å². The van der Waals surface area contributed by atoms with E-state index in [9.17, 15) is 0 Å². The summed E-state index contributed by atoms with van der Waals surface area (Å²) in [5.74, 6) is 1.42. The smallest absolute Gasteiger partial charge is 0.261 e. The van der Waals surface area contributed by atoms with Crippen LogP contribution >= 0.6 is 0 Å². The number of piperidine rings is 1. The summed E-state index contributed by atoms with van der Waals surface area (Å²) in [5, 5.41) is 13.2. The molecule has 0 atom stereocenters. The molecular weight excluding hydrogens is 318 g/mol. The number of aliphatic hydroxyl groups excluding tert-OH is 1. The molecule has 0 radical (unpaired) electrons. The van der Waals surface area contributed by atoms with Gasteiger partial charge in [-0.1, -0.05) is 29.8 Å². The van der Waals surface area contributed by atoms with Gasteiger partial charge in [-0.3, -0.25) is 4.90 Å². The highest BCUT2D eigenvalue weighted by Crippen LogP contribution is 2.25. The third-order valence-electron chi connectivity index (χ3n) is 4.52. The largest absolute Gasteiger partial charge is 0.466 e. The summed E-state index contributed by atoms with van der Waals surface area (Å²) in [6.45, 7) is 3.15. The van der Waals surface area contributed by atoms with E-state index in [1.165, 1.54) is 44.2 Å². The van der Waals surface area contributed by atoms with E-state index in [-0.39, 0.29) is 6.61 Å². The Labute approximate surface area is 146 Å². The van der Waals surface area contributed by atoms with E-state index in [1.807, 2.05) is 12.1 Å². The van der Waals surface area contributed by atoms with Crippen molar-refractivity contribution >= 4 is 0 Å². The topological polar surface area (TPSA) is 75.5 Å². The van der Waals surface area contributed by atoms with Gasteiger partial charge in [-0.25, -0.2) is 0 Å². The van der Waals surface area contributed by atoms with Crippen molar-refractivity contribution in [3.63, 3.8) is 0 Å². The van der Waals surface area contributed by atoms with Crippen LogP contribution in [0.2, 0.25) is 0 Å². The Bertz CT molecular complexity index is 834. The van der Waals surface area contributed by atoms with Gasteiger partial charge in [0.15, 0.2) is 0 Å². The lowest BCUT2D eigenvalue weighted by molar-refractivity contribution is 0.221. The molecule has 4 rings (SSSR count). The summed E-state index contributed by atoms with van der Waals surface area (Å²) >= 11 is 0. The van der Waals surface area contributed by atoms with E-state index in [4.69, 9.17) is 14.0 Å². The molecule has 0 spiro atoms. The Morgan fingerprint density at radius 1 is 1.08 bits per heavy atom. The van der Waals surface area contributed by atoms with Crippen molar-refractivity contribution in [2.75, 3.05) is 13.1 Å². The van der Waals surface area contributed by atoms with Crippen molar-refractivity contribution in [3.8, 4) is 22.8 Å². The Morgan fingerprint density at radius 2 is 1.96 bits per heavy atom. The summed E-state index contributed by atoms with van der Waals surface area (Å²) in [4.78, 5) is 6.95. The molecule has 1 fully saturated rings. The summed E-state index contributed by atoms with van der Waals surface area (Å²) in [7, 11) is 0. The number of likely N-dealkylation sites (tertiary alicyclic amines) is 1. The molecule has 1 aliphatic rings. The highest BCUT2D eigenvalue weighted by atomic mass is 16.5. The van der Waals surface area contributed by atoms with Crippen LogP contribution in [0.1, 0.15) is 30.6 Å². The summed E-state index contributed by atoms with van der Waals surface area (Å²) in [5.41, 5.74) is 2.87. The summed E-state index contributed by atoms with van der Waals surface area (Å²) < 4.78 is 10.5. The van der Waals surface area contributed by atoms with Crippen LogP contribution in [0.25, 0.3) is 22.8 Å². The molecule has 3 aromatic rings. The fourth-order valence-corrected chi connectivity index (χ4v) is 3.22. The summed E-state index contributed by atoms with van der Waals surface area (Å²) in [6.07, 6.45) is 5.42. The number of hydrogen-bond acceptors (Lipinski definition) is 6. The first kappa shape index (κ1) is 16.1. The highest BCUT2D eigenvalue weighted by Gasteiger charge is 2.15. The lowest BCUT2D eigenvalue weighted by atomic mass is 10.1. The maximum Gasteiger partial charge on any atom is 0.261 e. The van der Waals surface area contributed by atoms with E-state index < -0.39 is 0 Å². The Morgan fingerprint density at radius 3 is 2.76 bits per heavy atom. The van der Waals surface area contributed by atoms with Crippen LogP contribution in [-0.4, -0.2) is 33.2 Å². The zero-order valence-corrected chi connectivity index (χ0v) is 14.0. The van der Waals surface area contributed by atoms with E-state index in [0.29, 0.717) is 23.0 Å². The van der Waals surface area contributed by atoms with Gasteiger partial charge in [-0.05, 0) is 43.6 Å². The monoisotopic (exact) mass is 339 g/mol. The number of furan rings is 1. The maximum atomic E-state index is 9.08. The van der Waals surface area contributed by atoms with Gasteiger partial charge in [0.05, 0.1) is 5.56 Å². The molecule has 25 heavy (non-hydrogen) atoms. The predicted molar refractivity (Wildman–Crippen MR) is 92.5 cm³/mol. The quantitative estimate of drug-likeness (QED) is 0.767. The van der Waals surface area contributed by atoms with Crippen molar-refractivity contribution in [2.45, 2.75) is 32.4 Å². The normalized spacial score (nSPS) is 15.6. The van der Waals surface area contributed by atoms with Crippen molar-refractivity contribution in [2.24, 2.45) is 0 Å². The SMILES string of the molecule is OCc1cc(-c2nc(-c3cccc(CN4CCCCC4)c3)no2)co1. The molecule has 1 N–H and O–H groups in total. The molecule has 1 aliphatic heterocycles. The third kappa shape index (κ3) is 3.65. The van der Waals surface area contributed by atoms with Crippen molar-refractivity contribution in [1.82, 2.24) is 15.0 Å². The molecule has 1 saturated heterocycles. The number of rotatable bonds is 5. The molecule has 0 bridgehead atoms. The third-order valence-corrected chi connectivity index (χ3v) is 4.52. The van der Waals surface area contributed by atoms with E-state index in [1.54, 1.807) is 6.07 Å². The number of nitrogens with zero attached hydrogens (tertiary/aromatic N) is 3. The van der Waals surface area contributed by atoms with E-state index in [0.717, 1.165) is 12.1 Å². The minimum Gasteiger partial charge on any atom is -0.466 e. The van der Waals surface area contributed by atoms with Crippen molar-refractivity contribution < 1.29 is 14.0 Å². The van der Waals surface area contributed by atoms with Crippen LogP contribution in [0, 0.1) is 0 Å². The fraction of sp³-hybridized carbons (Fsp3) is 0.368.